The number of aliphatic carboxylic acids is 1. The van der Waals surface area contributed by atoms with E-state index in [4.69, 9.17) is 15.6 Å². The summed E-state index contributed by atoms with van der Waals surface area (Å²) in [5.41, 5.74) is 7.95. The molecule has 7 nitrogen and oxygen atoms in total. The normalized spacial score (nSPS) is 16.4. The maximum atomic E-state index is 11.6. The molecule has 1 aromatic rings. The van der Waals surface area contributed by atoms with Crippen molar-refractivity contribution in [3.63, 3.8) is 0 Å². The summed E-state index contributed by atoms with van der Waals surface area (Å²) >= 11 is 0. The van der Waals surface area contributed by atoms with Crippen LogP contribution >= 0.6 is 0 Å². The van der Waals surface area contributed by atoms with Crippen LogP contribution in [0.5, 0.6) is 5.75 Å². The molecule has 0 heterocycles. The number of carbonyl (C=O) groups is 1. The van der Waals surface area contributed by atoms with Crippen molar-refractivity contribution in [1.29, 1.82) is 0 Å². The van der Waals surface area contributed by atoms with E-state index in [0.717, 1.165) is 17.4 Å². The van der Waals surface area contributed by atoms with E-state index in [2.05, 4.69) is 13.8 Å². The topological polar surface area (TPSA) is 127 Å². The van der Waals surface area contributed by atoms with Gasteiger partial charge in [-0.25, -0.2) is 8.42 Å². The SMILES string of the molecule is CC(C[C@H](O)[C@@H](N)C[C@H](Cc1ccc(C(C)(C)C)c(OCS(C)(=O)=O)c1)C(C)C)C(=O)O. The van der Waals surface area contributed by atoms with Crippen molar-refractivity contribution >= 4 is 15.8 Å². The first kappa shape index (κ1) is 28.4. The van der Waals surface area contributed by atoms with E-state index in [1.807, 2.05) is 39.0 Å². The van der Waals surface area contributed by atoms with Gasteiger partial charge in [-0.3, -0.25) is 4.79 Å². The maximum absolute atomic E-state index is 11.6. The Morgan fingerprint density at radius 2 is 1.75 bits per heavy atom. The molecule has 0 spiro atoms. The number of hydrogen-bond donors (Lipinski definition) is 3. The highest BCUT2D eigenvalue weighted by molar-refractivity contribution is 7.90. The van der Waals surface area contributed by atoms with E-state index in [1.54, 1.807) is 6.92 Å². The van der Waals surface area contributed by atoms with Crippen LogP contribution in [0.15, 0.2) is 18.2 Å². The molecule has 0 aliphatic carbocycles. The molecule has 1 rings (SSSR count). The highest BCUT2D eigenvalue weighted by Gasteiger charge is 2.26. The Morgan fingerprint density at radius 1 is 1.16 bits per heavy atom. The minimum absolute atomic E-state index is 0.116. The number of aliphatic hydroxyl groups is 1. The highest BCUT2D eigenvalue weighted by atomic mass is 32.2. The summed E-state index contributed by atoms with van der Waals surface area (Å²) in [5.74, 6) is -0.991. The van der Waals surface area contributed by atoms with Crippen LogP contribution in [0.3, 0.4) is 0 Å². The van der Waals surface area contributed by atoms with E-state index >= 15 is 0 Å². The number of aliphatic hydroxyl groups excluding tert-OH is 1. The van der Waals surface area contributed by atoms with Crippen LogP contribution in [0, 0.1) is 17.8 Å². The lowest BCUT2D eigenvalue weighted by molar-refractivity contribution is -0.142. The van der Waals surface area contributed by atoms with Crippen LogP contribution in [0.1, 0.15) is 65.5 Å². The summed E-state index contributed by atoms with van der Waals surface area (Å²) in [4.78, 5) is 11.1. The zero-order valence-electron chi connectivity index (χ0n) is 20.5. The average Bonchev–Trinajstić information content (AvgIpc) is 2.64. The molecular weight excluding hydrogens is 430 g/mol. The predicted molar refractivity (Wildman–Crippen MR) is 128 cm³/mol. The van der Waals surface area contributed by atoms with Crippen LogP contribution in [-0.2, 0) is 26.5 Å². The van der Waals surface area contributed by atoms with Gasteiger partial charge in [0.25, 0.3) is 0 Å². The van der Waals surface area contributed by atoms with Gasteiger partial charge >= 0.3 is 5.97 Å². The van der Waals surface area contributed by atoms with Gasteiger partial charge in [0.1, 0.15) is 5.75 Å². The first-order valence-corrected chi connectivity index (χ1v) is 13.2. The second kappa shape index (κ2) is 11.5. The lowest BCUT2D eigenvalue weighted by atomic mass is 9.81. The van der Waals surface area contributed by atoms with Crippen molar-refractivity contribution in [3.05, 3.63) is 29.3 Å². The standard InChI is InChI=1S/C24H41NO6S/c1-15(2)18(13-20(25)21(26)10-16(3)23(27)28)11-17-8-9-19(24(4,5)6)22(12-17)31-14-32(7,29)30/h8-9,12,15-16,18,20-21,26H,10-11,13-14,25H2,1-7H3,(H,27,28)/t16?,18-,20-,21-/m0/s1. The molecule has 0 amide bonds. The third-order valence-corrected chi connectivity index (χ3v) is 6.36. The molecule has 0 fully saturated rings. The van der Waals surface area contributed by atoms with E-state index in [-0.39, 0.29) is 29.6 Å². The van der Waals surface area contributed by atoms with Gasteiger partial charge in [0.15, 0.2) is 15.8 Å². The fourth-order valence-electron chi connectivity index (χ4n) is 3.64. The van der Waals surface area contributed by atoms with Gasteiger partial charge in [-0.15, -0.1) is 0 Å². The van der Waals surface area contributed by atoms with Gasteiger partial charge < -0.3 is 20.7 Å². The zero-order chi connectivity index (χ0) is 24.9. The van der Waals surface area contributed by atoms with Crippen molar-refractivity contribution in [3.8, 4) is 5.75 Å². The molecule has 1 unspecified atom stereocenters. The Balaban J connectivity index is 3.05. The van der Waals surface area contributed by atoms with E-state index in [9.17, 15) is 18.3 Å². The highest BCUT2D eigenvalue weighted by Crippen LogP contribution is 2.34. The van der Waals surface area contributed by atoms with Gasteiger partial charge in [0.05, 0.1) is 12.0 Å². The van der Waals surface area contributed by atoms with Gasteiger partial charge in [-0.2, -0.15) is 0 Å². The van der Waals surface area contributed by atoms with E-state index in [0.29, 0.717) is 18.6 Å². The smallest absolute Gasteiger partial charge is 0.306 e. The average molecular weight is 472 g/mol. The molecule has 0 bridgehead atoms. The Hall–Kier alpha value is -1.64. The van der Waals surface area contributed by atoms with Crippen molar-refractivity contribution in [2.75, 3.05) is 12.2 Å². The second-order valence-corrected chi connectivity index (χ2v) is 12.5. The summed E-state index contributed by atoms with van der Waals surface area (Å²) in [6.45, 7) is 11.9. The third-order valence-electron chi connectivity index (χ3n) is 5.81. The van der Waals surface area contributed by atoms with Crippen LogP contribution in [0.4, 0.5) is 0 Å². The number of benzene rings is 1. The maximum Gasteiger partial charge on any atom is 0.306 e. The van der Waals surface area contributed by atoms with Gasteiger partial charge in [-0.05, 0) is 53.7 Å². The van der Waals surface area contributed by atoms with Crippen LogP contribution < -0.4 is 10.5 Å². The number of sulfone groups is 1. The molecule has 8 heteroatoms. The third kappa shape index (κ3) is 9.46. The monoisotopic (exact) mass is 471 g/mol. The second-order valence-electron chi connectivity index (χ2n) is 10.4. The van der Waals surface area contributed by atoms with Gasteiger partial charge in [-0.1, -0.05) is 53.7 Å². The number of rotatable bonds is 12. The van der Waals surface area contributed by atoms with Crippen molar-refractivity contribution in [2.24, 2.45) is 23.5 Å². The Labute approximate surface area is 193 Å². The molecule has 0 aromatic heterocycles. The quantitative estimate of drug-likeness (QED) is 0.426. The lowest BCUT2D eigenvalue weighted by Gasteiger charge is -2.28. The molecule has 184 valence electrons. The Kier molecular flexibility index (Phi) is 10.2. The molecule has 0 aliphatic rings. The van der Waals surface area contributed by atoms with Crippen molar-refractivity contribution in [2.45, 2.75) is 78.4 Å². The fourth-order valence-corrected chi connectivity index (χ4v) is 3.98. The molecule has 1 aromatic carbocycles. The van der Waals surface area contributed by atoms with Crippen molar-refractivity contribution in [1.82, 2.24) is 0 Å². The van der Waals surface area contributed by atoms with Crippen LogP contribution in [0.2, 0.25) is 0 Å². The summed E-state index contributed by atoms with van der Waals surface area (Å²) < 4.78 is 28.9. The Bertz CT molecular complexity index is 860. The molecule has 0 saturated carbocycles. The summed E-state index contributed by atoms with van der Waals surface area (Å²) in [7, 11) is -3.28. The van der Waals surface area contributed by atoms with Crippen LogP contribution in [0.25, 0.3) is 0 Å². The molecule has 4 N–H and O–H groups in total. The molecule has 0 radical (unpaired) electrons. The summed E-state index contributed by atoms with van der Waals surface area (Å²) in [6.07, 6.45) is 1.60. The lowest BCUT2D eigenvalue weighted by Crippen LogP contribution is -2.39. The number of ether oxygens (including phenoxy) is 1. The van der Waals surface area contributed by atoms with Crippen molar-refractivity contribution < 1.29 is 28.2 Å². The molecule has 32 heavy (non-hydrogen) atoms. The largest absolute Gasteiger partial charge is 0.481 e. The van der Waals surface area contributed by atoms with Crippen LogP contribution in [-0.4, -0.2) is 48.9 Å². The number of nitrogens with two attached hydrogens (primary N) is 1. The van der Waals surface area contributed by atoms with E-state index in [1.165, 1.54) is 0 Å². The van der Waals surface area contributed by atoms with Gasteiger partial charge in [0.2, 0.25) is 0 Å². The van der Waals surface area contributed by atoms with Gasteiger partial charge in [0, 0.05) is 12.3 Å². The summed E-state index contributed by atoms with van der Waals surface area (Å²) in [6, 6.07) is 5.38. The molecule has 0 saturated heterocycles. The first-order chi connectivity index (χ1) is 14.5. The first-order valence-electron chi connectivity index (χ1n) is 11.1. The zero-order valence-corrected chi connectivity index (χ0v) is 21.3. The summed E-state index contributed by atoms with van der Waals surface area (Å²) in [5, 5.41) is 19.5. The number of carboxylic acids is 1. The molecule has 4 atom stereocenters. The predicted octanol–water partition coefficient (Wildman–Crippen LogP) is 3.37. The molecule has 0 aliphatic heterocycles. The Morgan fingerprint density at radius 3 is 2.22 bits per heavy atom. The number of carboxylic acid groups (broad SMARTS) is 1. The molecular formula is C24H41NO6S. The fraction of sp³-hybridized carbons (Fsp3) is 0.708. The number of hydrogen-bond acceptors (Lipinski definition) is 6. The van der Waals surface area contributed by atoms with E-state index < -0.39 is 33.9 Å². The minimum Gasteiger partial charge on any atom is -0.481 e. The minimum atomic E-state index is -3.28.